The number of nitrogens with zero attached hydrogens (tertiary/aromatic N) is 2. The number of furan rings is 1. The van der Waals surface area contributed by atoms with Crippen LogP contribution in [-0.2, 0) is 9.63 Å². The summed E-state index contributed by atoms with van der Waals surface area (Å²) in [4.78, 5) is 21.1. The van der Waals surface area contributed by atoms with Crippen LogP contribution in [0.3, 0.4) is 0 Å². The predicted molar refractivity (Wildman–Crippen MR) is 93.1 cm³/mol. The van der Waals surface area contributed by atoms with E-state index in [1.54, 1.807) is 24.5 Å². The van der Waals surface area contributed by atoms with Gasteiger partial charge in [0.15, 0.2) is 0 Å². The van der Waals surface area contributed by atoms with Gasteiger partial charge in [0, 0.05) is 13.0 Å². The van der Waals surface area contributed by atoms with Gasteiger partial charge < -0.3 is 14.6 Å². The van der Waals surface area contributed by atoms with E-state index in [1.165, 1.54) is 0 Å². The van der Waals surface area contributed by atoms with Gasteiger partial charge in [0.05, 0.1) is 17.2 Å². The quantitative estimate of drug-likeness (QED) is 0.872. The summed E-state index contributed by atoms with van der Waals surface area (Å²) in [7, 11) is 3.90. The summed E-state index contributed by atoms with van der Waals surface area (Å²) in [5.41, 5.74) is -0.155. The van der Waals surface area contributed by atoms with Crippen molar-refractivity contribution < 1.29 is 14.0 Å². The Kier molecular flexibility index (Phi) is 4.73. The van der Waals surface area contributed by atoms with Crippen molar-refractivity contribution in [2.75, 3.05) is 20.6 Å². The largest absolute Gasteiger partial charge is 0.468 e. The zero-order valence-corrected chi connectivity index (χ0v) is 14.8. The summed E-state index contributed by atoms with van der Waals surface area (Å²) in [6.07, 6.45) is 2.10. The molecule has 0 saturated heterocycles. The molecule has 2 aromatic heterocycles. The van der Waals surface area contributed by atoms with Gasteiger partial charge in [-0.1, -0.05) is 11.2 Å². The highest BCUT2D eigenvalue weighted by molar-refractivity contribution is 7.12. The molecule has 1 aliphatic rings. The van der Waals surface area contributed by atoms with Gasteiger partial charge in [0.2, 0.25) is 5.60 Å². The number of carbonyl (C=O) groups is 1. The Bertz CT molecular complexity index is 710. The summed E-state index contributed by atoms with van der Waals surface area (Å²) in [5.74, 6) is 0.643. The van der Waals surface area contributed by atoms with E-state index in [0.29, 0.717) is 13.0 Å². The average molecular weight is 347 g/mol. The van der Waals surface area contributed by atoms with E-state index in [0.717, 1.165) is 16.3 Å². The minimum atomic E-state index is -0.973. The number of thiophene rings is 1. The second-order valence-corrected chi connectivity index (χ2v) is 7.17. The highest BCUT2D eigenvalue weighted by Crippen LogP contribution is 2.28. The second kappa shape index (κ2) is 6.78. The summed E-state index contributed by atoms with van der Waals surface area (Å²) in [6.45, 7) is 2.20. The molecular weight excluding hydrogens is 326 g/mol. The monoisotopic (exact) mass is 347 g/mol. The lowest BCUT2D eigenvalue weighted by Gasteiger charge is -2.25. The molecule has 0 spiro atoms. The standard InChI is InChI=1S/C17H21N3O3S/c1-17(10-12(19-23-17)15-7-5-9-24-15)16(21)18-11-13(20(2)3)14-6-4-8-22-14/h4-9,13H,10-11H2,1-3H3,(H,18,21)/t13-,17-/m0/s1. The summed E-state index contributed by atoms with van der Waals surface area (Å²) in [5, 5.41) is 9.05. The third-order valence-corrected chi connectivity index (χ3v) is 5.02. The van der Waals surface area contributed by atoms with E-state index in [2.05, 4.69) is 10.5 Å². The summed E-state index contributed by atoms with van der Waals surface area (Å²) < 4.78 is 5.46. The molecule has 2 aromatic rings. The molecule has 7 heteroatoms. The normalized spacial score (nSPS) is 21.4. The molecule has 1 aliphatic heterocycles. The van der Waals surface area contributed by atoms with E-state index in [9.17, 15) is 4.79 Å². The molecule has 3 heterocycles. The van der Waals surface area contributed by atoms with E-state index >= 15 is 0 Å². The lowest BCUT2D eigenvalue weighted by molar-refractivity contribution is -0.141. The molecule has 0 aliphatic carbocycles. The van der Waals surface area contributed by atoms with E-state index < -0.39 is 5.60 Å². The summed E-state index contributed by atoms with van der Waals surface area (Å²) in [6, 6.07) is 7.66. The van der Waals surface area contributed by atoms with Crippen molar-refractivity contribution in [3.63, 3.8) is 0 Å². The van der Waals surface area contributed by atoms with Crippen LogP contribution in [0.25, 0.3) is 0 Å². The van der Waals surface area contributed by atoms with Gasteiger partial charge in [0.1, 0.15) is 11.5 Å². The third kappa shape index (κ3) is 3.37. The fraction of sp³-hybridized carbons (Fsp3) is 0.412. The van der Waals surface area contributed by atoms with Crippen molar-refractivity contribution in [2.45, 2.75) is 25.0 Å². The highest BCUT2D eigenvalue weighted by atomic mass is 32.1. The van der Waals surface area contributed by atoms with Crippen LogP contribution >= 0.6 is 11.3 Å². The van der Waals surface area contributed by atoms with Gasteiger partial charge in [-0.05, 0) is 44.6 Å². The molecule has 128 valence electrons. The van der Waals surface area contributed by atoms with Gasteiger partial charge in [-0.15, -0.1) is 11.3 Å². The zero-order valence-electron chi connectivity index (χ0n) is 14.0. The summed E-state index contributed by atoms with van der Waals surface area (Å²) >= 11 is 1.59. The first-order valence-electron chi connectivity index (χ1n) is 7.76. The molecule has 3 rings (SSSR count). The van der Waals surface area contributed by atoms with Gasteiger partial charge in [0.25, 0.3) is 5.91 Å². The van der Waals surface area contributed by atoms with Crippen LogP contribution in [0.15, 0.2) is 45.5 Å². The predicted octanol–water partition coefficient (Wildman–Crippen LogP) is 2.64. The minimum absolute atomic E-state index is 0.0355. The van der Waals surface area contributed by atoms with Crippen LogP contribution in [0.1, 0.15) is 30.0 Å². The van der Waals surface area contributed by atoms with Gasteiger partial charge in [-0.3, -0.25) is 9.69 Å². The van der Waals surface area contributed by atoms with Gasteiger partial charge in [-0.25, -0.2) is 0 Å². The number of likely N-dealkylation sites (N-methyl/N-ethyl adjacent to an activating group) is 1. The first-order valence-corrected chi connectivity index (χ1v) is 8.64. The molecule has 2 atom stereocenters. The number of nitrogens with one attached hydrogen (secondary N) is 1. The molecule has 0 bridgehead atoms. The Morgan fingerprint density at radius 2 is 2.29 bits per heavy atom. The molecule has 1 amide bonds. The van der Waals surface area contributed by atoms with Crippen LogP contribution in [-0.4, -0.2) is 42.8 Å². The molecular formula is C17H21N3O3S. The topological polar surface area (TPSA) is 67.1 Å². The number of hydrogen-bond acceptors (Lipinski definition) is 6. The van der Waals surface area contributed by atoms with Crippen LogP contribution < -0.4 is 5.32 Å². The van der Waals surface area contributed by atoms with Crippen LogP contribution in [0, 0.1) is 0 Å². The molecule has 6 nitrogen and oxygen atoms in total. The number of rotatable bonds is 6. The second-order valence-electron chi connectivity index (χ2n) is 6.22. The number of hydrogen-bond donors (Lipinski definition) is 1. The lowest BCUT2D eigenvalue weighted by Crippen LogP contribution is -2.47. The van der Waals surface area contributed by atoms with Crippen LogP contribution in [0.5, 0.6) is 0 Å². The van der Waals surface area contributed by atoms with Crippen molar-refractivity contribution in [3.8, 4) is 0 Å². The molecule has 24 heavy (non-hydrogen) atoms. The Morgan fingerprint density at radius 1 is 1.46 bits per heavy atom. The zero-order chi connectivity index (χ0) is 17.2. The Hall–Kier alpha value is -2.12. The number of carbonyl (C=O) groups excluding carboxylic acids is 1. The van der Waals surface area contributed by atoms with E-state index in [1.807, 2.05) is 48.6 Å². The molecule has 0 fully saturated rings. The molecule has 0 unspecified atom stereocenters. The van der Waals surface area contributed by atoms with E-state index in [4.69, 9.17) is 9.25 Å². The van der Waals surface area contributed by atoms with Gasteiger partial charge >= 0.3 is 0 Å². The van der Waals surface area contributed by atoms with Crippen molar-refractivity contribution in [2.24, 2.45) is 5.16 Å². The molecule has 0 radical (unpaired) electrons. The van der Waals surface area contributed by atoms with Gasteiger partial charge in [-0.2, -0.15) is 0 Å². The average Bonchev–Trinajstić information content (AvgIpc) is 3.28. The van der Waals surface area contributed by atoms with Crippen molar-refractivity contribution in [1.82, 2.24) is 10.2 Å². The molecule has 1 N–H and O–H groups in total. The minimum Gasteiger partial charge on any atom is -0.468 e. The maximum absolute atomic E-state index is 12.6. The SMILES string of the molecule is CN(C)[C@@H](CNC(=O)[C@]1(C)CC(c2cccs2)=NO1)c1ccco1. The first-order chi connectivity index (χ1) is 11.5. The molecule has 0 aromatic carbocycles. The molecule has 0 saturated carbocycles. The van der Waals surface area contributed by atoms with Crippen LogP contribution in [0.2, 0.25) is 0 Å². The fourth-order valence-corrected chi connectivity index (χ4v) is 3.34. The first kappa shape index (κ1) is 16.7. The lowest BCUT2D eigenvalue weighted by atomic mass is 9.98. The maximum atomic E-state index is 12.6. The van der Waals surface area contributed by atoms with Crippen LogP contribution in [0.4, 0.5) is 0 Å². The van der Waals surface area contributed by atoms with Crippen molar-refractivity contribution >= 4 is 23.0 Å². The number of amides is 1. The Morgan fingerprint density at radius 3 is 2.92 bits per heavy atom. The van der Waals surface area contributed by atoms with Crippen molar-refractivity contribution in [3.05, 3.63) is 46.5 Å². The van der Waals surface area contributed by atoms with Crippen molar-refractivity contribution in [1.29, 1.82) is 0 Å². The number of oxime groups is 1. The van der Waals surface area contributed by atoms with E-state index in [-0.39, 0.29) is 11.9 Å². The maximum Gasteiger partial charge on any atom is 0.267 e. The highest BCUT2D eigenvalue weighted by Gasteiger charge is 2.42. The third-order valence-electron chi connectivity index (χ3n) is 4.10. The Balaban J connectivity index is 1.61. The smallest absolute Gasteiger partial charge is 0.267 e. The Labute approximate surface area is 145 Å². The fourth-order valence-electron chi connectivity index (χ4n) is 2.63.